The second-order valence-corrected chi connectivity index (χ2v) is 4.26. The van der Waals surface area contributed by atoms with Crippen molar-refractivity contribution in [3.63, 3.8) is 0 Å². The molecule has 0 aliphatic rings. The van der Waals surface area contributed by atoms with Crippen LogP contribution < -0.4 is 0 Å². The van der Waals surface area contributed by atoms with Gasteiger partial charge in [-0.25, -0.2) is 4.39 Å². The summed E-state index contributed by atoms with van der Waals surface area (Å²) >= 11 is 0. The first kappa shape index (κ1) is 12.4. The van der Waals surface area contributed by atoms with Crippen molar-refractivity contribution in [3.8, 4) is 11.5 Å². The number of halogens is 1. The predicted molar refractivity (Wildman–Crippen MR) is 68.3 cm³/mol. The molecule has 3 heteroatoms. The smallest absolute Gasteiger partial charge is 0.165 e. The SMILES string of the molecule is CCC(c1ccc(O)cc1)c1ccc(O)c(F)c1. The molecule has 0 bridgehead atoms. The lowest BCUT2D eigenvalue weighted by molar-refractivity contribution is 0.431. The molecule has 1 unspecified atom stereocenters. The summed E-state index contributed by atoms with van der Waals surface area (Å²) in [6.45, 7) is 2.02. The molecule has 0 heterocycles. The van der Waals surface area contributed by atoms with Crippen molar-refractivity contribution in [1.82, 2.24) is 0 Å². The molecule has 0 spiro atoms. The average molecular weight is 246 g/mol. The summed E-state index contributed by atoms with van der Waals surface area (Å²) in [7, 11) is 0. The minimum atomic E-state index is -0.607. The first-order chi connectivity index (χ1) is 8.61. The first-order valence-corrected chi connectivity index (χ1v) is 5.89. The fourth-order valence-corrected chi connectivity index (χ4v) is 2.11. The topological polar surface area (TPSA) is 40.5 Å². The Balaban J connectivity index is 2.38. The van der Waals surface area contributed by atoms with Crippen LogP contribution in [0.15, 0.2) is 42.5 Å². The van der Waals surface area contributed by atoms with Gasteiger partial charge in [-0.3, -0.25) is 0 Å². The van der Waals surface area contributed by atoms with Gasteiger partial charge in [-0.1, -0.05) is 25.1 Å². The van der Waals surface area contributed by atoms with Crippen LogP contribution >= 0.6 is 0 Å². The highest BCUT2D eigenvalue weighted by molar-refractivity contribution is 5.38. The quantitative estimate of drug-likeness (QED) is 0.865. The van der Waals surface area contributed by atoms with Gasteiger partial charge in [-0.2, -0.15) is 0 Å². The van der Waals surface area contributed by atoms with Crippen LogP contribution in [0, 0.1) is 5.82 Å². The Morgan fingerprint density at radius 2 is 1.61 bits per heavy atom. The number of benzene rings is 2. The predicted octanol–water partition coefficient (Wildman–Crippen LogP) is 3.78. The molecule has 0 aliphatic heterocycles. The molecule has 0 saturated carbocycles. The maximum absolute atomic E-state index is 13.4. The molecule has 0 fully saturated rings. The van der Waals surface area contributed by atoms with E-state index in [1.165, 1.54) is 12.1 Å². The molecule has 1 atom stereocenters. The van der Waals surface area contributed by atoms with Gasteiger partial charge in [0, 0.05) is 5.92 Å². The van der Waals surface area contributed by atoms with E-state index < -0.39 is 5.82 Å². The maximum atomic E-state index is 13.4. The summed E-state index contributed by atoms with van der Waals surface area (Å²) in [5, 5.41) is 18.5. The van der Waals surface area contributed by atoms with Crippen molar-refractivity contribution in [2.75, 3.05) is 0 Å². The Morgan fingerprint density at radius 1 is 1.00 bits per heavy atom. The van der Waals surface area contributed by atoms with E-state index in [0.717, 1.165) is 17.5 Å². The van der Waals surface area contributed by atoms with E-state index in [-0.39, 0.29) is 17.4 Å². The second-order valence-electron chi connectivity index (χ2n) is 4.26. The van der Waals surface area contributed by atoms with Crippen molar-refractivity contribution in [2.45, 2.75) is 19.3 Å². The Morgan fingerprint density at radius 3 is 2.17 bits per heavy atom. The minimum Gasteiger partial charge on any atom is -0.508 e. The Labute approximate surface area is 105 Å². The molecule has 2 nitrogen and oxygen atoms in total. The molecule has 2 N–H and O–H groups in total. The minimum absolute atomic E-state index is 0.0562. The first-order valence-electron chi connectivity index (χ1n) is 5.89. The van der Waals surface area contributed by atoms with Crippen molar-refractivity contribution in [2.24, 2.45) is 0 Å². The van der Waals surface area contributed by atoms with Gasteiger partial charge >= 0.3 is 0 Å². The summed E-state index contributed by atoms with van der Waals surface area (Å²) in [4.78, 5) is 0. The molecular formula is C15H15FO2. The number of hydrogen-bond donors (Lipinski definition) is 2. The van der Waals surface area contributed by atoms with Gasteiger partial charge in [0.2, 0.25) is 0 Å². The molecule has 0 radical (unpaired) electrons. The lowest BCUT2D eigenvalue weighted by Gasteiger charge is -2.16. The number of aromatic hydroxyl groups is 2. The summed E-state index contributed by atoms with van der Waals surface area (Å²) in [6, 6.07) is 11.3. The number of phenols is 2. The maximum Gasteiger partial charge on any atom is 0.165 e. The van der Waals surface area contributed by atoms with Crippen LogP contribution in [-0.2, 0) is 0 Å². The van der Waals surface area contributed by atoms with Crippen LogP contribution in [0.2, 0.25) is 0 Å². The molecule has 2 aromatic rings. The van der Waals surface area contributed by atoms with Gasteiger partial charge < -0.3 is 10.2 Å². The monoisotopic (exact) mass is 246 g/mol. The van der Waals surface area contributed by atoms with Crippen LogP contribution in [0.3, 0.4) is 0 Å². The molecule has 2 rings (SSSR count). The van der Waals surface area contributed by atoms with Crippen LogP contribution in [0.5, 0.6) is 11.5 Å². The van der Waals surface area contributed by atoms with E-state index in [4.69, 9.17) is 0 Å². The van der Waals surface area contributed by atoms with Gasteiger partial charge in [-0.05, 0) is 41.8 Å². The highest BCUT2D eigenvalue weighted by atomic mass is 19.1. The molecule has 94 valence electrons. The van der Waals surface area contributed by atoms with E-state index in [0.29, 0.717) is 0 Å². The highest BCUT2D eigenvalue weighted by Crippen LogP contribution is 2.31. The van der Waals surface area contributed by atoms with Crippen molar-refractivity contribution in [1.29, 1.82) is 0 Å². The lowest BCUT2D eigenvalue weighted by Crippen LogP contribution is -2.00. The van der Waals surface area contributed by atoms with Gasteiger partial charge in [0.15, 0.2) is 11.6 Å². The van der Waals surface area contributed by atoms with E-state index >= 15 is 0 Å². The lowest BCUT2D eigenvalue weighted by atomic mass is 9.89. The van der Waals surface area contributed by atoms with E-state index in [9.17, 15) is 14.6 Å². The Kier molecular flexibility index (Phi) is 3.51. The van der Waals surface area contributed by atoms with Gasteiger partial charge in [0.05, 0.1) is 0 Å². The largest absolute Gasteiger partial charge is 0.508 e. The van der Waals surface area contributed by atoms with E-state index in [1.54, 1.807) is 18.2 Å². The van der Waals surface area contributed by atoms with Gasteiger partial charge in [-0.15, -0.1) is 0 Å². The molecule has 18 heavy (non-hydrogen) atoms. The summed E-state index contributed by atoms with van der Waals surface area (Å²) in [5.74, 6) is -0.671. The summed E-state index contributed by atoms with van der Waals surface area (Å²) < 4.78 is 13.4. The van der Waals surface area contributed by atoms with Crippen molar-refractivity contribution < 1.29 is 14.6 Å². The number of rotatable bonds is 3. The number of hydrogen-bond acceptors (Lipinski definition) is 2. The zero-order valence-corrected chi connectivity index (χ0v) is 10.1. The summed E-state index contributed by atoms with van der Waals surface area (Å²) in [6.07, 6.45) is 0.814. The van der Waals surface area contributed by atoms with Crippen molar-refractivity contribution >= 4 is 0 Å². The normalized spacial score (nSPS) is 12.3. The fraction of sp³-hybridized carbons (Fsp3) is 0.200. The molecule has 2 aromatic carbocycles. The van der Waals surface area contributed by atoms with E-state index in [1.807, 2.05) is 19.1 Å². The zero-order chi connectivity index (χ0) is 13.1. The van der Waals surface area contributed by atoms with Gasteiger partial charge in [0.25, 0.3) is 0 Å². The third-order valence-electron chi connectivity index (χ3n) is 3.08. The second kappa shape index (κ2) is 5.08. The zero-order valence-electron chi connectivity index (χ0n) is 10.1. The van der Waals surface area contributed by atoms with Crippen LogP contribution in [0.4, 0.5) is 4.39 Å². The Hall–Kier alpha value is -2.03. The third-order valence-corrected chi connectivity index (χ3v) is 3.08. The average Bonchev–Trinajstić information content (AvgIpc) is 2.37. The molecule has 0 amide bonds. The van der Waals surface area contributed by atoms with E-state index in [2.05, 4.69) is 0 Å². The third kappa shape index (κ3) is 2.45. The van der Waals surface area contributed by atoms with Crippen LogP contribution in [0.25, 0.3) is 0 Å². The number of phenolic OH excluding ortho intramolecular Hbond substituents is 2. The van der Waals surface area contributed by atoms with Gasteiger partial charge in [0.1, 0.15) is 5.75 Å². The molecule has 0 aromatic heterocycles. The van der Waals surface area contributed by atoms with Crippen LogP contribution in [-0.4, -0.2) is 10.2 Å². The standard InChI is InChI=1S/C15H15FO2/c1-2-13(10-3-6-12(17)7-4-10)11-5-8-15(18)14(16)9-11/h3-9,13,17-18H,2H2,1H3. The molecule has 0 aliphatic carbocycles. The van der Waals surface area contributed by atoms with Crippen molar-refractivity contribution in [3.05, 3.63) is 59.4 Å². The Bertz CT molecular complexity index is 535. The highest BCUT2D eigenvalue weighted by Gasteiger charge is 2.14. The van der Waals surface area contributed by atoms with Crippen LogP contribution in [0.1, 0.15) is 30.4 Å². The molecular weight excluding hydrogens is 231 g/mol. The molecule has 0 saturated heterocycles. The fourth-order valence-electron chi connectivity index (χ4n) is 2.11. The summed E-state index contributed by atoms with van der Waals surface area (Å²) in [5.41, 5.74) is 1.83.